The van der Waals surface area contributed by atoms with Crippen molar-refractivity contribution in [1.29, 1.82) is 0 Å². The molecular weight excluding hydrogens is 473 g/mol. The van der Waals surface area contributed by atoms with Crippen LogP contribution in [0.2, 0.25) is 0 Å². The van der Waals surface area contributed by atoms with E-state index in [0.29, 0.717) is 11.8 Å². The fourth-order valence-electron chi connectivity index (χ4n) is 4.37. The Morgan fingerprint density at radius 3 is 2.14 bits per heavy atom. The summed E-state index contributed by atoms with van der Waals surface area (Å²) in [6, 6.07) is 9.73. The molecule has 0 aliphatic heterocycles. The Kier molecular flexibility index (Phi) is 6.72. The Labute approximate surface area is 197 Å². The normalized spacial score (nSPS) is 18.7. The Morgan fingerprint density at radius 1 is 0.857 bits per heavy atom. The molecule has 0 N–H and O–H groups in total. The van der Waals surface area contributed by atoms with Gasteiger partial charge in [-0.05, 0) is 72.0 Å². The number of hydrogen-bond donors (Lipinski definition) is 0. The zero-order valence-electron chi connectivity index (χ0n) is 18.7. The highest BCUT2D eigenvalue weighted by Crippen LogP contribution is 2.38. The third-order valence-corrected chi connectivity index (χ3v) is 6.31. The molecule has 0 atom stereocenters. The van der Waals surface area contributed by atoms with Crippen molar-refractivity contribution in [3.05, 3.63) is 76.9 Å². The lowest BCUT2D eigenvalue weighted by molar-refractivity contribution is -0.185. The second-order valence-corrected chi connectivity index (χ2v) is 8.88. The van der Waals surface area contributed by atoms with Crippen LogP contribution in [0, 0.1) is 29.4 Å². The second kappa shape index (κ2) is 9.44. The summed E-state index contributed by atoms with van der Waals surface area (Å²) in [6.45, 7) is 2.20. The lowest BCUT2D eigenvalue weighted by Gasteiger charge is -2.27. The number of hydrogen-bond acceptors (Lipinski definition) is 1. The fourth-order valence-corrected chi connectivity index (χ4v) is 4.37. The summed E-state index contributed by atoms with van der Waals surface area (Å²) in [5, 5.41) is -0.438. The van der Waals surface area contributed by atoms with E-state index in [1.54, 1.807) is 12.1 Å². The molecular formula is C27H21F7O. The minimum atomic E-state index is -4.93. The standard InChI is InChI=1S/C27H21F7O/c1-16-2-4-17(5-3-16)18-6-8-20(9-7-18)27(33,34)35-21-10-11-22-19(14-21)15-24(28)23(25(22)29)12-13-26(30,31)32/h6-11,14-17H,2-5H2,1H3. The molecule has 0 saturated heterocycles. The molecule has 0 unspecified atom stereocenters. The third-order valence-electron chi connectivity index (χ3n) is 6.31. The van der Waals surface area contributed by atoms with Crippen LogP contribution in [-0.4, -0.2) is 6.18 Å². The summed E-state index contributed by atoms with van der Waals surface area (Å²) in [6.07, 6.45) is -4.41. The zero-order valence-corrected chi connectivity index (χ0v) is 18.7. The number of benzene rings is 3. The predicted octanol–water partition coefficient (Wildman–Crippen LogP) is 8.45. The van der Waals surface area contributed by atoms with E-state index in [1.165, 1.54) is 18.1 Å². The molecule has 1 saturated carbocycles. The summed E-state index contributed by atoms with van der Waals surface area (Å²) in [4.78, 5) is 0. The van der Waals surface area contributed by atoms with Gasteiger partial charge in [-0.2, -0.15) is 22.0 Å². The van der Waals surface area contributed by atoms with Gasteiger partial charge in [-0.15, -0.1) is 0 Å². The van der Waals surface area contributed by atoms with E-state index in [-0.39, 0.29) is 22.1 Å². The van der Waals surface area contributed by atoms with Crippen molar-refractivity contribution < 1.29 is 35.5 Å². The molecule has 3 aromatic rings. The van der Waals surface area contributed by atoms with Crippen LogP contribution in [0.3, 0.4) is 0 Å². The molecule has 0 bridgehead atoms. The van der Waals surface area contributed by atoms with Gasteiger partial charge in [0.2, 0.25) is 0 Å². The average Bonchev–Trinajstić information content (AvgIpc) is 2.78. The van der Waals surface area contributed by atoms with Crippen LogP contribution in [0.1, 0.15) is 55.2 Å². The molecule has 1 aliphatic rings. The predicted molar refractivity (Wildman–Crippen MR) is 118 cm³/mol. The Bertz CT molecular complexity index is 1280. The molecule has 0 aromatic heterocycles. The number of alkyl halides is 5. The smallest absolute Gasteiger partial charge is 0.429 e. The van der Waals surface area contributed by atoms with Crippen LogP contribution in [0.5, 0.6) is 5.75 Å². The van der Waals surface area contributed by atoms with Crippen LogP contribution >= 0.6 is 0 Å². The summed E-state index contributed by atoms with van der Waals surface area (Å²) in [5.74, 6) is 0.250. The third kappa shape index (κ3) is 5.72. The molecule has 8 heteroatoms. The molecule has 3 aromatic carbocycles. The van der Waals surface area contributed by atoms with Gasteiger partial charge >= 0.3 is 12.3 Å². The first kappa shape index (κ1) is 24.9. The number of fused-ring (bicyclic) bond motifs is 1. The van der Waals surface area contributed by atoms with Crippen LogP contribution in [0.25, 0.3) is 10.8 Å². The van der Waals surface area contributed by atoms with Crippen molar-refractivity contribution in [3.8, 4) is 17.6 Å². The van der Waals surface area contributed by atoms with Crippen LogP contribution < -0.4 is 4.74 Å². The maximum Gasteiger partial charge on any atom is 0.458 e. The molecule has 0 heterocycles. The highest BCUT2D eigenvalue weighted by atomic mass is 19.4. The van der Waals surface area contributed by atoms with Gasteiger partial charge in [0.05, 0.1) is 11.1 Å². The first-order valence-electron chi connectivity index (χ1n) is 11.1. The van der Waals surface area contributed by atoms with E-state index in [9.17, 15) is 30.7 Å². The summed E-state index contributed by atoms with van der Waals surface area (Å²) in [7, 11) is 0. The van der Waals surface area contributed by atoms with Crippen molar-refractivity contribution >= 4 is 10.8 Å². The zero-order chi connectivity index (χ0) is 25.4. The van der Waals surface area contributed by atoms with Crippen LogP contribution in [0.15, 0.2) is 48.5 Å². The first-order valence-corrected chi connectivity index (χ1v) is 11.1. The lowest BCUT2D eigenvalue weighted by Crippen LogP contribution is -2.22. The number of halogens is 7. The van der Waals surface area contributed by atoms with Gasteiger partial charge in [0, 0.05) is 11.3 Å². The maximum atomic E-state index is 14.8. The van der Waals surface area contributed by atoms with Crippen LogP contribution in [-0.2, 0) is 6.11 Å². The van der Waals surface area contributed by atoms with Crippen molar-refractivity contribution in [2.45, 2.75) is 50.8 Å². The van der Waals surface area contributed by atoms with Crippen molar-refractivity contribution in [2.24, 2.45) is 5.92 Å². The lowest BCUT2D eigenvalue weighted by atomic mass is 9.79. The minimum absolute atomic E-state index is 0.160. The topological polar surface area (TPSA) is 9.23 Å². The maximum absolute atomic E-state index is 14.8. The van der Waals surface area contributed by atoms with Gasteiger partial charge in [0.15, 0.2) is 0 Å². The Morgan fingerprint density at radius 2 is 1.51 bits per heavy atom. The Hall–Kier alpha value is -3.21. The largest absolute Gasteiger partial charge is 0.458 e. The first-order chi connectivity index (χ1) is 16.4. The number of rotatable bonds is 4. The molecule has 1 nitrogen and oxygen atoms in total. The molecule has 184 valence electrons. The summed E-state index contributed by atoms with van der Waals surface area (Å²) < 4.78 is 100. The summed E-state index contributed by atoms with van der Waals surface area (Å²) in [5.41, 5.74) is -0.431. The van der Waals surface area contributed by atoms with Gasteiger partial charge in [-0.3, -0.25) is 0 Å². The highest BCUT2D eigenvalue weighted by molar-refractivity contribution is 5.86. The van der Waals surface area contributed by atoms with Crippen molar-refractivity contribution in [2.75, 3.05) is 0 Å². The molecule has 1 fully saturated rings. The minimum Gasteiger partial charge on any atom is -0.429 e. The van der Waals surface area contributed by atoms with Crippen molar-refractivity contribution in [1.82, 2.24) is 0 Å². The number of ether oxygens (including phenoxy) is 1. The summed E-state index contributed by atoms with van der Waals surface area (Å²) >= 11 is 0. The van der Waals surface area contributed by atoms with E-state index in [2.05, 4.69) is 6.92 Å². The highest BCUT2D eigenvalue weighted by Gasteiger charge is 2.35. The van der Waals surface area contributed by atoms with E-state index in [4.69, 9.17) is 4.74 Å². The quantitative estimate of drug-likeness (QED) is 0.261. The van der Waals surface area contributed by atoms with Gasteiger partial charge in [-0.25, -0.2) is 8.78 Å². The molecule has 35 heavy (non-hydrogen) atoms. The monoisotopic (exact) mass is 494 g/mol. The van der Waals surface area contributed by atoms with E-state index in [1.807, 2.05) is 0 Å². The average molecular weight is 494 g/mol. The second-order valence-electron chi connectivity index (χ2n) is 8.88. The van der Waals surface area contributed by atoms with Crippen LogP contribution in [0.4, 0.5) is 30.7 Å². The van der Waals surface area contributed by atoms with Gasteiger partial charge in [0.25, 0.3) is 0 Å². The Balaban J connectivity index is 1.56. The molecule has 4 rings (SSSR count). The SMILES string of the molecule is CC1CCC(c2ccc(C(F)(F)Oc3ccc4c(F)c(C#CC(F)(F)F)c(F)cc4c3)cc2)CC1. The molecule has 0 radical (unpaired) electrons. The molecule has 1 aliphatic carbocycles. The fraction of sp³-hybridized carbons (Fsp3) is 0.333. The van der Waals surface area contributed by atoms with Gasteiger partial charge < -0.3 is 4.74 Å². The molecule has 0 spiro atoms. The van der Waals surface area contributed by atoms with E-state index >= 15 is 0 Å². The van der Waals surface area contributed by atoms with E-state index in [0.717, 1.165) is 61.4 Å². The van der Waals surface area contributed by atoms with Gasteiger partial charge in [-0.1, -0.05) is 37.8 Å². The van der Waals surface area contributed by atoms with Gasteiger partial charge in [0.1, 0.15) is 17.4 Å². The van der Waals surface area contributed by atoms with Crippen molar-refractivity contribution in [3.63, 3.8) is 0 Å². The van der Waals surface area contributed by atoms with E-state index < -0.39 is 29.5 Å². The molecule has 0 amide bonds.